The number of hydrogen-bond acceptors (Lipinski definition) is 1. The first kappa shape index (κ1) is 9.52. The van der Waals surface area contributed by atoms with Crippen LogP contribution in [0.2, 0.25) is 0 Å². The lowest BCUT2D eigenvalue weighted by molar-refractivity contribution is -0.136. The fourth-order valence-corrected chi connectivity index (χ4v) is 2.38. The zero-order valence-electron chi connectivity index (χ0n) is 7.35. The highest BCUT2D eigenvalue weighted by Gasteiger charge is 2.32. The Bertz CT molecular complexity index is 468. The number of rotatable bonds is 0. The van der Waals surface area contributed by atoms with Gasteiger partial charge in [0.1, 0.15) is 0 Å². The van der Waals surface area contributed by atoms with Gasteiger partial charge in [-0.15, -0.1) is 11.3 Å². The molecule has 0 aliphatic carbocycles. The van der Waals surface area contributed by atoms with E-state index in [1.54, 1.807) is 12.1 Å². The van der Waals surface area contributed by atoms with E-state index in [0.717, 1.165) is 10.9 Å². The lowest BCUT2D eigenvalue weighted by atomic mass is 10.1. The number of thiophene rings is 1. The van der Waals surface area contributed by atoms with E-state index in [0.29, 0.717) is 10.1 Å². The standard InChI is InChI=1S/C10H7F3S/c1-6-5-7-8(10(11,12)13)3-2-4-9(7)14-6/h2-5H,1H3. The van der Waals surface area contributed by atoms with Gasteiger partial charge >= 0.3 is 6.18 Å². The predicted molar refractivity (Wildman–Crippen MR) is 51.6 cm³/mol. The number of alkyl halides is 3. The largest absolute Gasteiger partial charge is 0.417 e. The molecule has 0 bridgehead atoms. The molecule has 2 rings (SSSR count). The molecule has 0 spiro atoms. The molecule has 4 heteroatoms. The summed E-state index contributed by atoms with van der Waals surface area (Å²) in [5.74, 6) is 0. The van der Waals surface area contributed by atoms with Crippen LogP contribution in [0.3, 0.4) is 0 Å². The van der Waals surface area contributed by atoms with Crippen molar-refractivity contribution >= 4 is 21.4 Å². The van der Waals surface area contributed by atoms with Crippen LogP contribution in [-0.2, 0) is 6.18 Å². The zero-order valence-corrected chi connectivity index (χ0v) is 8.17. The van der Waals surface area contributed by atoms with E-state index in [-0.39, 0.29) is 0 Å². The second-order valence-electron chi connectivity index (χ2n) is 3.07. The molecule has 0 saturated heterocycles. The Balaban J connectivity index is 2.77. The normalized spacial score (nSPS) is 12.3. The highest BCUT2D eigenvalue weighted by atomic mass is 32.1. The fourth-order valence-electron chi connectivity index (χ4n) is 1.44. The first-order valence-electron chi connectivity index (χ1n) is 4.05. The molecule has 14 heavy (non-hydrogen) atoms. The quantitative estimate of drug-likeness (QED) is 0.618. The van der Waals surface area contributed by atoms with Gasteiger partial charge in [-0.1, -0.05) is 6.07 Å². The lowest BCUT2D eigenvalue weighted by Gasteiger charge is -2.06. The van der Waals surface area contributed by atoms with Gasteiger partial charge in [-0.3, -0.25) is 0 Å². The van der Waals surface area contributed by atoms with Crippen molar-refractivity contribution in [2.75, 3.05) is 0 Å². The first-order chi connectivity index (χ1) is 6.48. The molecule has 0 atom stereocenters. The van der Waals surface area contributed by atoms with E-state index in [1.165, 1.54) is 17.4 Å². The molecule has 0 fully saturated rings. The number of aryl methyl sites for hydroxylation is 1. The third-order valence-electron chi connectivity index (χ3n) is 1.99. The Morgan fingerprint density at radius 3 is 2.57 bits per heavy atom. The van der Waals surface area contributed by atoms with Gasteiger partial charge in [0.25, 0.3) is 0 Å². The Labute approximate surface area is 83.0 Å². The molecule has 1 aromatic heterocycles. The van der Waals surface area contributed by atoms with Crippen LogP contribution in [0.25, 0.3) is 10.1 Å². The second kappa shape index (κ2) is 2.98. The Morgan fingerprint density at radius 1 is 1.21 bits per heavy atom. The molecule has 0 amide bonds. The third kappa shape index (κ3) is 1.50. The number of benzene rings is 1. The molecule has 0 aliphatic heterocycles. The molecule has 2 aromatic rings. The minimum absolute atomic E-state index is 0.308. The van der Waals surface area contributed by atoms with E-state index >= 15 is 0 Å². The van der Waals surface area contributed by atoms with Crippen LogP contribution in [0.5, 0.6) is 0 Å². The minimum atomic E-state index is -4.26. The van der Waals surface area contributed by atoms with Gasteiger partial charge in [0.05, 0.1) is 5.56 Å². The highest BCUT2D eigenvalue weighted by Crippen LogP contribution is 2.37. The van der Waals surface area contributed by atoms with Gasteiger partial charge in [-0.25, -0.2) is 0 Å². The second-order valence-corrected chi connectivity index (χ2v) is 4.36. The summed E-state index contributed by atoms with van der Waals surface area (Å²) in [6, 6.07) is 5.86. The lowest BCUT2D eigenvalue weighted by Crippen LogP contribution is -2.04. The van der Waals surface area contributed by atoms with Gasteiger partial charge in [-0.05, 0) is 25.1 Å². The average molecular weight is 216 g/mol. The summed E-state index contributed by atoms with van der Waals surface area (Å²) in [6.07, 6.45) is -4.26. The third-order valence-corrected chi connectivity index (χ3v) is 3.01. The predicted octanol–water partition coefficient (Wildman–Crippen LogP) is 4.23. The molecule has 0 N–H and O–H groups in total. The van der Waals surface area contributed by atoms with Crippen molar-refractivity contribution < 1.29 is 13.2 Å². The van der Waals surface area contributed by atoms with Crippen LogP contribution < -0.4 is 0 Å². The molecule has 1 heterocycles. The summed E-state index contributed by atoms with van der Waals surface area (Å²) in [4.78, 5) is 0.900. The van der Waals surface area contributed by atoms with E-state index in [2.05, 4.69) is 0 Å². The molecule has 0 aliphatic rings. The zero-order chi connectivity index (χ0) is 10.3. The number of fused-ring (bicyclic) bond motifs is 1. The fraction of sp³-hybridized carbons (Fsp3) is 0.200. The van der Waals surface area contributed by atoms with Gasteiger partial charge in [-0.2, -0.15) is 13.2 Å². The highest BCUT2D eigenvalue weighted by molar-refractivity contribution is 7.19. The summed E-state index contributed by atoms with van der Waals surface area (Å²) < 4.78 is 38.3. The Kier molecular flexibility index (Phi) is 2.03. The van der Waals surface area contributed by atoms with Gasteiger partial charge in [0, 0.05) is 15.0 Å². The van der Waals surface area contributed by atoms with Crippen LogP contribution >= 0.6 is 11.3 Å². The molecule has 0 saturated carbocycles. The van der Waals surface area contributed by atoms with Crippen molar-refractivity contribution in [1.29, 1.82) is 0 Å². The van der Waals surface area contributed by atoms with Crippen LogP contribution in [0.15, 0.2) is 24.3 Å². The maximum atomic E-state index is 12.5. The Morgan fingerprint density at radius 2 is 1.93 bits per heavy atom. The molecular weight excluding hydrogens is 209 g/mol. The minimum Gasteiger partial charge on any atom is -0.166 e. The van der Waals surface area contributed by atoms with Crippen molar-refractivity contribution in [3.8, 4) is 0 Å². The van der Waals surface area contributed by atoms with Crippen LogP contribution in [0.1, 0.15) is 10.4 Å². The smallest absolute Gasteiger partial charge is 0.166 e. The molecule has 0 nitrogen and oxygen atoms in total. The van der Waals surface area contributed by atoms with Gasteiger partial charge in [0.15, 0.2) is 0 Å². The van der Waals surface area contributed by atoms with Crippen molar-refractivity contribution in [3.05, 3.63) is 34.7 Å². The average Bonchev–Trinajstić information content (AvgIpc) is 2.41. The van der Waals surface area contributed by atoms with Crippen molar-refractivity contribution in [2.24, 2.45) is 0 Å². The number of hydrogen-bond donors (Lipinski definition) is 0. The maximum Gasteiger partial charge on any atom is 0.417 e. The van der Waals surface area contributed by atoms with Crippen molar-refractivity contribution in [3.63, 3.8) is 0 Å². The molecular formula is C10H7F3S. The van der Waals surface area contributed by atoms with E-state index in [9.17, 15) is 13.2 Å². The van der Waals surface area contributed by atoms with E-state index < -0.39 is 11.7 Å². The molecule has 0 unspecified atom stereocenters. The van der Waals surface area contributed by atoms with E-state index in [4.69, 9.17) is 0 Å². The van der Waals surface area contributed by atoms with Crippen LogP contribution in [-0.4, -0.2) is 0 Å². The summed E-state index contributed by atoms with van der Waals surface area (Å²) in [5, 5.41) is 0.308. The summed E-state index contributed by atoms with van der Waals surface area (Å²) in [7, 11) is 0. The van der Waals surface area contributed by atoms with Crippen LogP contribution in [0.4, 0.5) is 13.2 Å². The monoisotopic (exact) mass is 216 g/mol. The van der Waals surface area contributed by atoms with Crippen molar-refractivity contribution in [2.45, 2.75) is 13.1 Å². The summed E-state index contributed by atoms with van der Waals surface area (Å²) in [5.41, 5.74) is -0.542. The Hall–Kier alpha value is -1.03. The number of halogens is 3. The van der Waals surface area contributed by atoms with Crippen LogP contribution in [0, 0.1) is 6.92 Å². The first-order valence-corrected chi connectivity index (χ1v) is 4.86. The molecule has 74 valence electrons. The van der Waals surface area contributed by atoms with E-state index in [1.807, 2.05) is 6.92 Å². The SMILES string of the molecule is Cc1cc2c(C(F)(F)F)cccc2s1. The van der Waals surface area contributed by atoms with Gasteiger partial charge < -0.3 is 0 Å². The molecule has 0 radical (unpaired) electrons. The maximum absolute atomic E-state index is 12.5. The summed E-state index contributed by atoms with van der Waals surface area (Å²) in [6.45, 7) is 1.81. The summed E-state index contributed by atoms with van der Waals surface area (Å²) >= 11 is 1.38. The topological polar surface area (TPSA) is 0 Å². The van der Waals surface area contributed by atoms with Crippen molar-refractivity contribution in [1.82, 2.24) is 0 Å². The molecule has 1 aromatic carbocycles. The van der Waals surface area contributed by atoms with Gasteiger partial charge in [0.2, 0.25) is 0 Å².